The van der Waals surface area contributed by atoms with Gasteiger partial charge in [0.2, 0.25) is 0 Å². The predicted molar refractivity (Wildman–Crippen MR) is 243 cm³/mol. The predicted octanol–water partition coefficient (Wildman–Crippen LogP) is 15.4. The summed E-state index contributed by atoms with van der Waals surface area (Å²) in [5.41, 5.74) is 16.2. The molecule has 1 aliphatic rings. The minimum Gasteiger partial charge on any atom is -0.355 e. The van der Waals surface area contributed by atoms with Gasteiger partial charge in [-0.3, -0.25) is 0 Å². The molecule has 0 fully saturated rings. The Hall–Kier alpha value is -7.22. The van der Waals surface area contributed by atoms with Crippen LogP contribution in [0.3, 0.4) is 0 Å². The van der Waals surface area contributed by atoms with Crippen LogP contribution in [0.2, 0.25) is 0 Å². The molecule has 1 aromatic heterocycles. The van der Waals surface area contributed by atoms with E-state index in [1.807, 2.05) is 0 Å². The number of aromatic amines is 1. The number of nitrogens with one attached hydrogen (secondary N) is 1. The van der Waals surface area contributed by atoms with E-state index in [9.17, 15) is 0 Å². The van der Waals surface area contributed by atoms with Crippen molar-refractivity contribution in [2.45, 2.75) is 12.3 Å². The van der Waals surface area contributed by atoms with Gasteiger partial charge in [0.15, 0.2) is 0 Å². The van der Waals surface area contributed by atoms with Crippen molar-refractivity contribution >= 4 is 48.9 Å². The van der Waals surface area contributed by atoms with Crippen molar-refractivity contribution in [3.8, 4) is 44.5 Å². The second-order valence-corrected chi connectivity index (χ2v) is 15.3. The normalized spacial score (nSPS) is 14.1. The van der Waals surface area contributed by atoms with Crippen LogP contribution in [0.5, 0.6) is 0 Å². The Labute approximate surface area is 332 Å². The lowest BCUT2D eigenvalue weighted by Gasteiger charge is -2.19. The van der Waals surface area contributed by atoms with E-state index in [2.05, 4.69) is 217 Å². The van der Waals surface area contributed by atoms with Gasteiger partial charge < -0.3 is 4.98 Å². The molecular weight excluding hydrogens is 687 g/mol. The Morgan fingerprint density at radius 2 is 0.789 bits per heavy atom. The second-order valence-electron chi connectivity index (χ2n) is 15.3. The number of rotatable bonds is 6. The summed E-state index contributed by atoms with van der Waals surface area (Å²) in [6.07, 6.45) is 8.06. The number of fused-ring (bicyclic) bond motifs is 5. The van der Waals surface area contributed by atoms with Crippen LogP contribution in [0, 0.1) is 0 Å². The molecule has 57 heavy (non-hydrogen) atoms. The molecule has 0 aliphatic heterocycles. The molecule has 0 amide bonds. The lowest BCUT2D eigenvalue weighted by atomic mass is 9.85. The SMILES string of the molecule is C1=CC(c2ccccc2)CC=C1c1ccc(-c2c3ccccc3c(-c3ccc(-c4ccc(-c5ccc6[nH]c7ccccc7c6c5)cc4)cc3)c3ccccc23)cc1. The molecule has 11 rings (SSSR count). The quantitative estimate of drug-likeness (QED) is 0.164. The van der Waals surface area contributed by atoms with Gasteiger partial charge in [0.1, 0.15) is 0 Å². The first kappa shape index (κ1) is 33.1. The maximum absolute atomic E-state index is 3.55. The summed E-state index contributed by atoms with van der Waals surface area (Å²) in [4.78, 5) is 3.55. The highest BCUT2D eigenvalue weighted by atomic mass is 14.7. The molecule has 0 spiro atoms. The van der Waals surface area contributed by atoms with Gasteiger partial charge in [0.25, 0.3) is 0 Å². The van der Waals surface area contributed by atoms with Crippen molar-refractivity contribution < 1.29 is 0 Å². The van der Waals surface area contributed by atoms with Crippen LogP contribution in [0.15, 0.2) is 212 Å². The highest BCUT2D eigenvalue weighted by Gasteiger charge is 2.18. The molecule has 1 heteroatoms. The minimum absolute atomic E-state index is 0.437. The topological polar surface area (TPSA) is 15.8 Å². The number of para-hydroxylation sites is 1. The number of hydrogen-bond acceptors (Lipinski definition) is 0. The molecule has 10 aromatic rings. The first-order chi connectivity index (χ1) is 28.2. The maximum Gasteiger partial charge on any atom is 0.0465 e. The zero-order chi connectivity index (χ0) is 37.7. The van der Waals surface area contributed by atoms with Crippen molar-refractivity contribution in [1.82, 2.24) is 4.98 Å². The Morgan fingerprint density at radius 1 is 0.351 bits per heavy atom. The fourth-order valence-corrected chi connectivity index (χ4v) is 9.07. The number of aromatic nitrogens is 1. The van der Waals surface area contributed by atoms with Crippen molar-refractivity contribution in [3.63, 3.8) is 0 Å². The lowest BCUT2D eigenvalue weighted by molar-refractivity contribution is 0.856. The monoisotopic (exact) mass is 725 g/mol. The zero-order valence-corrected chi connectivity index (χ0v) is 31.5. The van der Waals surface area contributed by atoms with Gasteiger partial charge in [-0.1, -0.05) is 194 Å². The highest BCUT2D eigenvalue weighted by Crippen LogP contribution is 2.44. The van der Waals surface area contributed by atoms with Crippen LogP contribution >= 0.6 is 0 Å². The highest BCUT2D eigenvalue weighted by molar-refractivity contribution is 6.21. The van der Waals surface area contributed by atoms with E-state index in [-0.39, 0.29) is 0 Å². The summed E-state index contributed by atoms with van der Waals surface area (Å²) in [5, 5.41) is 7.60. The summed E-state index contributed by atoms with van der Waals surface area (Å²) < 4.78 is 0. The number of hydrogen-bond donors (Lipinski definition) is 1. The summed E-state index contributed by atoms with van der Waals surface area (Å²) in [7, 11) is 0. The average Bonchev–Trinajstić information content (AvgIpc) is 3.67. The summed E-state index contributed by atoms with van der Waals surface area (Å²) >= 11 is 0. The number of allylic oxidation sites excluding steroid dienone is 4. The average molecular weight is 726 g/mol. The van der Waals surface area contributed by atoms with Crippen LogP contribution in [-0.4, -0.2) is 4.98 Å². The fourth-order valence-electron chi connectivity index (χ4n) is 9.07. The van der Waals surface area contributed by atoms with E-state index in [1.165, 1.54) is 105 Å². The summed E-state index contributed by atoms with van der Waals surface area (Å²) in [5.74, 6) is 0.437. The van der Waals surface area contributed by atoms with Crippen LogP contribution in [0.25, 0.3) is 93.4 Å². The van der Waals surface area contributed by atoms with Gasteiger partial charge >= 0.3 is 0 Å². The minimum atomic E-state index is 0.437. The van der Waals surface area contributed by atoms with Gasteiger partial charge in [0, 0.05) is 27.7 Å². The van der Waals surface area contributed by atoms with Crippen molar-refractivity contribution in [2.24, 2.45) is 0 Å². The van der Waals surface area contributed by atoms with Crippen LogP contribution in [0.4, 0.5) is 0 Å². The molecule has 1 unspecified atom stereocenters. The molecule has 0 saturated heterocycles. The van der Waals surface area contributed by atoms with E-state index in [0.29, 0.717) is 5.92 Å². The smallest absolute Gasteiger partial charge is 0.0465 e. The van der Waals surface area contributed by atoms with Gasteiger partial charge in [0.05, 0.1) is 0 Å². The Balaban J connectivity index is 0.908. The second kappa shape index (κ2) is 13.8. The molecular formula is C56H39N. The molecule has 0 radical (unpaired) electrons. The first-order valence-corrected chi connectivity index (χ1v) is 19.9. The zero-order valence-electron chi connectivity index (χ0n) is 31.5. The molecule has 268 valence electrons. The summed E-state index contributed by atoms with van der Waals surface area (Å²) in [6.45, 7) is 0. The van der Waals surface area contributed by atoms with E-state index in [1.54, 1.807) is 0 Å². The van der Waals surface area contributed by atoms with E-state index >= 15 is 0 Å². The Morgan fingerprint density at radius 3 is 1.33 bits per heavy atom. The van der Waals surface area contributed by atoms with E-state index in [0.717, 1.165) is 6.42 Å². The van der Waals surface area contributed by atoms with Crippen molar-refractivity contribution in [1.29, 1.82) is 0 Å². The van der Waals surface area contributed by atoms with Crippen LogP contribution in [0.1, 0.15) is 23.5 Å². The van der Waals surface area contributed by atoms with E-state index in [4.69, 9.17) is 0 Å². The largest absolute Gasteiger partial charge is 0.355 e. The van der Waals surface area contributed by atoms with Gasteiger partial charge in [-0.2, -0.15) is 0 Å². The molecule has 0 bridgehead atoms. The molecule has 1 nitrogen and oxygen atoms in total. The third-order valence-corrected chi connectivity index (χ3v) is 12.0. The lowest BCUT2D eigenvalue weighted by Crippen LogP contribution is -1.98. The third kappa shape index (κ3) is 5.88. The van der Waals surface area contributed by atoms with Gasteiger partial charge in [-0.25, -0.2) is 0 Å². The van der Waals surface area contributed by atoms with Crippen LogP contribution in [-0.2, 0) is 0 Å². The molecule has 1 N–H and O–H groups in total. The fraction of sp³-hybridized carbons (Fsp3) is 0.0357. The molecule has 9 aromatic carbocycles. The van der Waals surface area contributed by atoms with Crippen molar-refractivity contribution in [3.05, 3.63) is 223 Å². The maximum atomic E-state index is 3.55. The first-order valence-electron chi connectivity index (χ1n) is 19.9. The molecule has 1 heterocycles. The van der Waals surface area contributed by atoms with E-state index < -0.39 is 0 Å². The Kier molecular flexibility index (Phi) is 8.03. The third-order valence-electron chi connectivity index (χ3n) is 12.0. The number of H-pyrrole nitrogens is 1. The standard InChI is InChI=1S/C56H39N/c1-2-10-37(11-3-1)38-18-20-39(21-19-38)41-26-30-44(31-27-41)55-48-13-4-6-15-50(48)56(51-16-7-5-14-49(51)55)45-32-28-42(29-33-45)40-22-24-43(25-23-40)46-34-35-54-52(36-46)47-12-8-9-17-53(47)57-54/h1-18,20-36,38,57H,19H2. The molecule has 1 atom stereocenters. The van der Waals surface area contributed by atoms with Gasteiger partial charge in [-0.15, -0.1) is 0 Å². The number of benzene rings is 9. The van der Waals surface area contributed by atoms with Crippen LogP contribution < -0.4 is 0 Å². The molecule has 1 aliphatic carbocycles. The summed E-state index contributed by atoms with van der Waals surface area (Å²) in [6, 6.07) is 71.2. The molecule has 0 saturated carbocycles. The van der Waals surface area contributed by atoms with Crippen molar-refractivity contribution in [2.75, 3.05) is 0 Å². The van der Waals surface area contributed by atoms with Gasteiger partial charge in [-0.05, 0) is 107 Å². The Bertz CT molecular complexity index is 3100.